The van der Waals surface area contributed by atoms with Crippen LogP contribution in [0.3, 0.4) is 0 Å². The van der Waals surface area contributed by atoms with Crippen LogP contribution in [0.5, 0.6) is 17.2 Å². The molecule has 196 valence electrons. The lowest BCUT2D eigenvalue weighted by Crippen LogP contribution is -2.36. The first-order valence-electron chi connectivity index (χ1n) is 12.8. The average Bonchev–Trinajstić information content (AvgIpc) is 2.89. The minimum atomic E-state index is -0.628. The van der Waals surface area contributed by atoms with Crippen molar-refractivity contribution in [3.05, 3.63) is 76.1 Å². The highest BCUT2D eigenvalue weighted by Gasteiger charge is 2.42. The second kappa shape index (κ2) is 11.1. The molecule has 0 bridgehead atoms. The number of nitrogens with one attached hydrogen (secondary N) is 1. The first kappa shape index (κ1) is 26.3. The van der Waals surface area contributed by atoms with Crippen LogP contribution in [-0.4, -0.2) is 36.7 Å². The Hall–Kier alpha value is -3.74. The Kier molecular flexibility index (Phi) is 7.91. The van der Waals surface area contributed by atoms with Gasteiger partial charge < -0.3 is 24.6 Å². The van der Waals surface area contributed by atoms with Gasteiger partial charge in [-0.1, -0.05) is 25.1 Å². The van der Waals surface area contributed by atoms with Gasteiger partial charge in [0.25, 0.3) is 0 Å². The number of hydrogen-bond acceptors (Lipinski definition) is 7. The predicted molar refractivity (Wildman–Crippen MR) is 141 cm³/mol. The quantitative estimate of drug-likeness (QED) is 0.457. The summed E-state index contributed by atoms with van der Waals surface area (Å²) in [6.45, 7) is 7.85. The number of phenolic OH excluding ortho intramolecular Hbond substituents is 1. The van der Waals surface area contributed by atoms with Crippen LogP contribution < -0.4 is 14.8 Å². The maximum atomic E-state index is 13.8. The summed E-state index contributed by atoms with van der Waals surface area (Å²) in [6.07, 6.45) is 1.38. The number of benzene rings is 2. The van der Waals surface area contributed by atoms with Crippen LogP contribution in [0.4, 0.5) is 0 Å². The average molecular weight is 506 g/mol. The normalized spacial score (nSPS) is 20.2. The van der Waals surface area contributed by atoms with Crippen molar-refractivity contribution in [2.24, 2.45) is 0 Å². The van der Waals surface area contributed by atoms with Gasteiger partial charge in [0, 0.05) is 29.3 Å². The third kappa shape index (κ3) is 5.36. The first-order chi connectivity index (χ1) is 17.8. The molecular formula is C30H35NO6. The smallest absolute Gasteiger partial charge is 0.337 e. The van der Waals surface area contributed by atoms with E-state index in [-0.39, 0.29) is 23.6 Å². The molecule has 0 fully saturated rings. The molecule has 7 heteroatoms. The molecule has 0 saturated carbocycles. The van der Waals surface area contributed by atoms with Gasteiger partial charge in [0.15, 0.2) is 17.3 Å². The highest BCUT2D eigenvalue weighted by Crippen LogP contribution is 2.47. The third-order valence-corrected chi connectivity index (χ3v) is 7.13. The molecule has 2 aromatic carbocycles. The molecule has 4 rings (SSSR count). The Balaban J connectivity index is 1.79. The fraction of sp³-hybridized carbons (Fsp3) is 0.400. The number of esters is 1. The van der Waals surface area contributed by atoms with E-state index in [1.54, 1.807) is 25.3 Å². The van der Waals surface area contributed by atoms with E-state index in [0.717, 1.165) is 17.0 Å². The van der Waals surface area contributed by atoms with Crippen molar-refractivity contribution in [3.63, 3.8) is 0 Å². The molecule has 0 unspecified atom stereocenters. The Morgan fingerprint density at radius 3 is 2.46 bits per heavy atom. The predicted octanol–water partition coefficient (Wildman–Crippen LogP) is 5.50. The molecular weight excluding hydrogens is 470 g/mol. The van der Waals surface area contributed by atoms with Crippen LogP contribution in [0.2, 0.25) is 0 Å². The standard InChI is InChI=1S/C30H35NO6/c1-6-17(3)37-30(34)27-18(4)31-23-14-21(19-8-11-22(35-5)12-9-19)15-25(33)29(23)28(27)20-10-13-24(32)26(16-20)36-7-2/h8-13,16-17,21,28,31-32H,6-7,14-15H2,1-5H3/t17-,21+,28+/m0/s1. The van der Waals surface area contributed by atoms with E-state index in [2.05, 4.69) is 5.32 Å². The van der Waals surface area contributed by atoms with E-state index in [9.17, 15) is 14.7 Å². The minimum absolute atomic E-state index is 0.00512. The van der Waals surface area contributed by atoms with Gasteiger partial charge >= 0.3 is 5.97 Å². The van der Waals surface area contributed by atoms with Gasteiger partial charge in [-0.3, -0.25) is 4.79 Å². The molecule has 1 aliphatic heterocycles. The number of carbonyl (C=O) groups is 2. The molecule has 2 aliphatic rings. The molecule has 3 atom stereocenters. The lowest BCUT2D eigenvalue weighted by molar-refractivity contribution is -0.144. The van der Waals surface area contributed by atoms with Crippen molar-refractivity contribution < 1.29 is 28.9 Å². The van der Waals surface area contributed by atoms with Crippen molar-refractivity contribution in [2.75, 3.05) is 13.7 Å². The molecule has 0 saturated heterocycles. The van der Waals surface area contributed by atoms with Crippen molar-refractivity contribution in [2.45, 2.75) is 64.9 Å². The zero-order valence-electron chi connectivity index (χ0n) is 22.1. The maximum Gasteiger partial charge on any atom is 0.337 e. The largest absolute Gasteiger partial charge is 0.504 e. The Labute approximate surface area is 218 Å². The van der Waals surface area contributed by atoms with E-state index in [1.165, 1.54) is 0 Å². The van der Waals surface area contributed by atoms with Crippen LogP contribution in [0.1, 0.15) is 69.9 Å². The zero-order chi connectivity index (χ0) is 26.7. The summed E-state index contributed by atoms with van der Waals surface area (Å²) >= 11 is 0. The van der Waals surface area contributed by atoms with Gasteiger partial charge in [0.2, 0.25) is 0 Å². The SMILES string of the molecule is CCOc1cc([C@@H]2C(C(=O)O[C@@H](C)CC)=C(C)NC3=C2C(=O)C[C@H](c2ccc(OC)cc2)C3)ccc1O. The topological polar surface area (TPSA) is 94.1 Å². The number of methoxy groups -OCH3 is 1. The third-order valence-electron chi connectivity index (χ3n) is 7.13. The molecule has 7 nitrogen and oxygen atoms in total. The van der Waals surface area contributed by atoms with Crippen molar-refractivity contribution in [1.82, 2.24) is 5.32 Å². The monoisotopic (exact) mass is 505 g/mol. The summed E-state index contributed by atoms with van der Waals surface area (Å²) in [5.74, 6) is -0.0104. The number of aromatic hydroxyl groups is 1. The maximum absolute atomic E-state index is 13.8. The molecule has 2 aromatic rings. The number of phenols is 1. The van der Waals surface area contributed by atoms with Crippen LogP contribution in [0.25, 0.3) is 0 Å². The van der Waals surface area contributed by atoms with Crippen LogP contribution in [0.15, 0.2) is 65.0 Å². The zero-order valence-corrected chi connectivity index (χ0v) is 22.1. The molecule has 0 spiro atoms. The van der Waals surface area contributed by atoms with Gasteiger partial charge in [-0.15, -0.1) is 0 Å². The number of ketones is 1. The number of Topliss-reactive ketones (excluding diaryl/α,β-unsaturated/α-hetero) is 1. The summed E-state index contributed by atoms with van der Waals surface area (Å²) in [7, 11) is 1.63. The summed E-state index contributed by atoms with van der Waals surface area (Å²) in [5, 5.41) is 13.7. The number of rotatable bonds is 8. The lowest BCUT2D eigenvalue weighted by atomic mass is 9.71. The number of dihydropyridines is 1. The van der Waals surface area contributed by atoms with Crippen LogP contribution in [0, 0.1) is 0 Å². The van der Waals surface area contributed by atoms with Crippen molar-refractivity contribution >= 4 is 11.8 Å². The number of ether oxygens (including phenoxy) is 3. The molecule has 2 N–H and O–H groups in total. The highest BCUT2D eigenvalue weighted by atomic mass is 16.5. The van der Waals surface area contributed by atoms with E-state index in [4.69, 9.17) is 14.2 Å². The second-order valence-electron chi connectivity index (χ2n) is 9.57. The van der Waals surface area contributed by atoms with Gasteiger partial charge in [0.1, 0.15) is 5.75 Å². The number of allylic oxidation sites excluding steroid dienone is 3. The molecule has 0 aromatic heterocycles. The minimum Gasteiger partial charge on any atom is -0.504 e. The fourth-order valence-electron chi connectivity index (χ4n) is 5.07. The van der Waals surface area contributed by atoms with Gasteiger partial charge in [-0.05, 0) is 74.9 Å². The van der Waals surface area contributed by atoms with Crippen LogP contribution in [-0.2, 0) is 14.3 Å². The molecule has 1 heterocycles. The molecule has 0 amide bonds. The first-order valence-corrected chi connectivity index (χ1v) is 12.8. The number of carbonyl (C=O) groups excluding carboxylic acids is 2. The van der Waals surface area contributed by atoms with E-state index in [1.807, 2.05) is 52.0 Å². The van der Waals surface area contributed by atoms with Crippen molar-refractivity contribution in [1.29, 1.82) is 0 Å². The highest BCUT2D eigenvalue weighted by molar-refractivity contribution is 6.04. The molecule has 1 aliphatic carbocycles. The van der Waals surface area contributed by atoms with E-state index in [0.29, 0.717) is 54.0 Å². The molecule has 0 radical (unpaired) electrons. The Morgan fingerprint density at radius 1 is 1.11 bits per heavy atom. The molecule has 37 heavy (non-hydrogen) atoms. The summed E-state index contributed by atoms with van der Waals surface area (Å²) in [4.78, 5) is 27.2. The lowest BCUT2D eigenvalue weighted by Gasteiger charge is -2.37. The van der Waals surface area contributed by atoms with Gasteiger partial charge in [0.05, 0.1) is 25.4 Å². The summed E-state index contributed by atoms with van der Waals surface area (Å²) in [5.41, 5.74) is 4.20. The fourth-order valence-corrected chi connectivity index (χ4v) is 5.07. The summed E-state index contributed by atoms with van der Waals surface area (Å²) in [6, 6.07) is 12.8. The van der Waals surface area contributed by atoms with Crippen LogP contribution >= 0.6 is 0 Å². The Bertz CT molecular complexity index is 1240. The second-order valence-corrected chi connectivity index (χ2v) is 9.57. The van der Waals surface area contributed by atoms with E-state index < -0.39 is 11.9 Å². The number of hydrogen-bond donors (Lipinski definition) is 2. The van der Waals surface area contributed by atoms with Gasteiger partial charge in [-0.25, -0.2) is 4.79 Å². The Morgan fingerprint density at radius 2 is 1.81 bits per heavy atom. The summed E-state index contributed by atoms with van der Waals surface area (Å²) < 4.78 is 16.6. The van der Waals surface area contributed by atoms with Gasteiger partial charge in [-0.2, -0.15) is 0 Å². The van der Waals surface area contributed by atoms with E-state index >= 15 is 0 Å². The van der Waals surface area contributed by atoms with Crippen molar-refractivity contribution in [3.8, 4) is 17.2 Å².